The molecule has 0 aliphatic rings. The van der Waals surface area contributed by atoms with E-state index in [0.717, 1.165) is 16.5 Å². The molecule has 24 heavy (non-hydrogen) atoms. The average Bonchev–Trinajstić information content (AvgIpc) is 2.88. The topological polar surface area (TPSA) is 54.3 Å². The molecule has 2 aromatic carbocycles. The van der Waals surface area contributed by atoms with Gasteiger partial charge in [-0.05, 0) is 49.8 Å². The number of anilines is 1. The zero-order chi connectivity index (χ0) is 17.3. The van der Waals surface area contributed by atoms with Crippen molar-refractivity contribution in [3.8, 4) is 0 Å². The van der Waals surface area contributed by atoms with Crippen LogP contribution in [0.4, 0.5) is 5.69 Å². The van der Waals surface area contributed by atoms with E-state index in [1.807, 2.05) is 50.2 Å². The van der Waals surface area contributed by atoms with Crippen molar-refractivity contribution in [2.75, 3.05) is 5.32 Å². The molecule has 0 bridgehead atoms. The van der Waals surface area contributed by atoms with Crippen molar-refractivity contribution in [1.82, 2.24) is 5.32 Å². The Labute approximate surface area is 149 Å². The second-order valence-corrected chi connectivity index (χ2v) is 6.24. The van der Waals surface area contributed by atoms with Crippen molar-refractivity contribution in [2.24, 2.45) is 0 Å². The summed E-state index contributed by atoms with van der Waals surface area (Å²) in [4.78, 5) is 12.4. The van der Waals surface area contributed by atoms with Crippen LogP contribution >= 0.6 is 23.8 Å². The van der Waals surface area contributed by atoms with Crippen LogP contribution in [0.3, 0.4) is 0 Å². The number of hydrogen-bond donors (Lipinski definition) is 2. The first kappa shape index (κ1) is 16.5. The average molecular weight is 359 g/mol. The quantitative estimate of drug-likeness (QED) is 0.644. The van der Waals surface area contributed by atoms with Gasteiger partial charge in [0.25, 0.3) is 5.91 Å². The van der Waals surface area contributed by atoms with Crippen LogP contribution in [-0.4, -0.2) is 11.0 Å². The number of thiocarbonyl (C=S) groups is 1. The molecule has 1 aromatic heterocycles. The first-order valence-corrected chi connectivity index (χ1v) is 8.11. The van der Waals surface area contributed by atoms with Crippen LogP contribution in [0, 0.1) is 13.8 Å². The number of benzene rings is 2. The van der Waals surface area contributed by atoms with Crippen LogP contribution in [0.25, 0.3) is 11.0 Å². The fourth-order valence-corrected chi connectivity index (χ4v) is 2.77. The van der Waals surface area contributed by atoms with Crippen LogP contribution in [0.2, 0.25) is 5.02 Å². The summed E-state index contributed by atoms with van der Waals surface area (Å²) < 4.78 is 5.63. The van der Waals surface area contributed by atoms with E-state index in [9.17, 15) is 4.79 Å². The van der Waals surface area contributed by atoms with Gasteiger partial charge < -0.3 is 9.73 Å². The largest absolute Gasteiger partial charge is 0.451 e. The Kier molecular flexibility index (Phi) is 4.55. The third-order valence-electron chi connectivity index (χ3n) is 3.71. The molecule has 3 aromatic rings. The number of para-hydroxylation sites is 1. The minimum Gasteiger partial charge on any atom is -0.451 e. The lowest BCUT2D eigenvalue weighted by Gasteiger charge is -2.10. The van der Waals surface area contributed by atoms with Crippen molar-refractivity contribution in [2.45, 2.75) is 13.8 Å². The molecule has 0 saturated carbocycles. The number of carbonyl (C=O) groups is 1. The van der Waals surface area contributed by atoms with Gasteiger partial charge in [-0.3, -0.25) is 10.1 Å². The lowest BCUT2D eigenvalue weighted by atomic mass is 10.1. The monoisotopic (exact) mass is 358 g/mol. The summed E-state index contributed by atoms with van der Waals surface area (Å²) in [5, 5.41) is 7.28. The van der Waals surface area contributed by atoms with Gasteiger partial charge in [-0.2, -0.15) is 0 Å². The van der Waals surface area contributed by atoms with Gasteiger partial charge >= 0.3 is 0 Å². The Morgan fingerprint density at radius 3 is 2.62 bits per heavy atom. The summed E-state index contributed by atoms with van der Waals surface area (Å²) in [6.45, 7) is 3.76. The summed E-state index contributed by atoms with van der Waals surface area (Å²) in [5.74, 6) is -0.137. The van der Waals surface area contributed by atoms with Crippen molar-refractivity contribution in [1.29, 1.82) is 0 Å². The Hall–Kier alpha value is -2.37. The standard InChI is InChI=1S/C18H15ClN2O2S/c1-10-7-8-12(9-14(10)19)20-18(24)21-17(22)16-11(2)13-5-3-4-6-15(13)23-16/h3-9H,1-2H3,(H2,20,21,22,24). The Bertz CT molecular complexity index is 949. The summed E-state index contributed by atoms with van der Waals surface area (Å²) in [5.41, 5.74) is 3.13. The summed E-state index contributed by atoms with van der Waals surface area (Å²) in [6, 6.07) is 13.0. The van der Waals surface area contributed by atoms with E-state index in [1.54, 1.807) is 6.07 Å². The van der Waals surface area contributed by atoms with Crippen LogP contribution in [0.15, 0.2) is 46.9 Å². The fraction of sp³-hybridized carbons (Fsp3) is 0.111. The molecule has 0 aliphatic heterocycles. The molecule has 0 spiro atoms. The summed E-state index contributed by atoms with van der Waals surface area (Å²) >= 11 is 11.3. The third-order valence-corrected chi connectivity index (χ3v) is 4.32. The van der Waals surface area contributed by atoms with Gasteiger partial charge in [-0.25, -0.2) is 0 Å². The number of fused-ring (bicyclic) bond motifs is 1. The molecule has 0 unspecified atom stereocenters. The van der Waals surface area contributed by atoms with Gasteiger partial charge in [0.15, 0.2) is 10.9 Å². The van der Waals surface area contributed by atoms with Gasteiger partial charge in [0, 0.05) is 21.7 Å². The Morgan fingerprint density at radius 1 is 1.17 bits per heavy atom. The number of aryl methyl sites for hydroxylation is 2. The maximum absolute atomic E-state index is 12.4. The fourth-order valence-electron chi connectivity index (χ4n) is 2.38. The normalized spacial score (nSPS) is 10.6. The number of amides is 1. The molecule has 0 aliphatic carbocycles. The van der Waals surface area contributed by atoms with Crippen molar-refractivity contribution in [3.63, 3.8) is 0 Å². The predicted octanol–water partition coefficient (Wildman–Crippen LogP) is 4.83. The number of furan rings is 1. The van der Waals surface area contributed by atoms with E-state index in [1.165, 1.54) is 0 Å². The van der Waals surface area contributed by atoms with Gasteiger partial charge in [-0.1, -0.05) is 35.9 Å². The van der Waals surface area contributed by atoms with E-state index in [-0.39, 0.29) is 16.8 Å². The van der Waals surface area contributed by atoms with Gasteiger partial charge in [0.1, 0.15) is 5.58 Å². The highest BCUT2D eigenvalue weighted by Crippen LogP contribution is 2.25. The number of hydrogen-bond acceptors (Lipinski definition) is 3. The molecule has 122 valence electrons. The maximum atomic E-state index is 12.4. The van der Waals surface area contributed by atoms with Crippen LogP contribution < -0.4 is 10.6 Å². The van der Waals surface area contributed by atoms with Crippen LogP contribution in [0.5, 0.6) is 0 Å². The van der Waals surface area contributed by atoms with Crippen molar-refractivity contribution < 1.29 is 9.21 Å². The number of halogens is 1. The van der Waals surface area contributed by atoms with Gasteiger partial charge in [-0.15, -0.1) is 0 Å². The summed E-state index contributed by atoms with van der Waals surface area (Å²) in [7, 11) is 0. The predicted molar refractivity (Wildman–Crippen MR) is 101 cm³/mol. The molecular weight excluding hydrogens is 344 g/mol. The third kappa shape index (κ3) is 3.27. The number of nitrogens with one attached hydrogen (secondary N) is 2. The molecule has 1 heterocycles. The first-order valence-electron chi connectivity index (χ1n) is 7.32. The van der Waals surface area contributed by atoms with E-state index in [2.05, 4.69) is 10.6 Å². The van der Waals surface area contributed by atoms with E-state index in [0.29, 0.717) is 16.3 Å². The van der Waals surface area contributed by atoms with E-state index in [4.69, 9.17) is 28.2 Å². The smallest absolute Gasteiger partial charge is 0.293 e. The molecule has 0 radical (unpaired) electrons. The maximum Gasteiger partial charge on any atom is 0.293 e. The highest BCUT2D eigenvalue weighted by Gasteiger charge is 2.18. The summed E-state index contributed by atoms with van der Waals surface area (Å²) in [6.07, 6.45) is 0. The van der Waals surface area contributed by atoms with Crippen molar-refractivity contribution in [3.05, 3.63) is 64.4 Å². The minimum absolute atomic E-state index is 0.180. The molecule has 0 fully saturated rings. The highest BCUT2D eigenvalue weighted by atomic mass is 35.5. The number of carbonyl (C=O) groups excluding carboxylic acids is 1. The van der Waals surface area contributed by atoms with Crippen LogP contribution in [-0.2, 0) is 0 Å². The van der Waals surface area contributed by atoms with E-state index < -0.39 is 0 Å². The number of rotatable bonds is 2. The molecule has 0 saturated heterocycles. The zero-order valence-electron chi connectivity index (χ0n) is 13.1. The SMILES string of the molecule is Cc1ccc(NC(=S)NC(=O)c2oc3ccccc3c2C)cc1Cl. The Morgan fingerprint density at radius 2 is 1.92 bits per heavy atom. The van der Waals surface area contributed by atoms with Crippen molar-refractivity contribution >= 4 is 51.5 Å². The molecule has 0 atom stereocenters. The van der Waals surface area contributed by atoms with Gasteiger partial charge in [0.2, 0.25) is 0 Å². The van der Waals surface area contributed by atoms with Crippen LogP contribution in [0.1, 0.15) is 21.7 Å². The second-order valence-electron chi connectivity index (χ2n) is 5.42. The molecular formula is C18H15ClN2O2S. The molecule has 4 nitrogen and oxygen atoms in total. The minimum atomic E-state index is -0.389. The lowest BCUT2D eigenvalue weighted by molar-refractivity contribution is 0.0952. The van der Waals surface area contributed by atoms with Gasteiger partial charge in [0.05, 0.1) is 0 Å². The van der Waals surface area contributed by atoms with E-state index >= 15 is 0 Å². The molecule has 3 rings (SSSR count). The first-order chi connectivity index (χ1) is 11.5. The highest BCUT2D eigenvalue weighted by molar-refractivity contribution is 7.80. The second kappa shape index (κ2) is 6.63. The lowest BCUT2D eigenvalue weighted by Crippen LogP contribution is -2.34. The molecule has 6 heteroatoms. The zero-order valence-corrected chi connectivity index (χ0v) is 14.7. The molecule has 2 N–H and O–H groups in total. The Balaban J connectivity index is 1.74. The molecule has 1 amide bonds.